The third kappa shape index (κ3) is 3.57. The second-order valence-electron chi connectivity index (χ2n) is 4.90. The van der Waals surface area contributed by atoms with Gasteiger partial charge in [0.25, 0.3) is 0 Å². The molecule has 106 valence electrons. The minimum Gasteiger partial charge on any atom is -0.484 e. The molecule has 1 saturated heterocycles. The molecule has 0 radical (unpaired) electrons. The van der Waals surface area contributed by atoms with Gasteiger partial charge in [-0.15, -0.1) is 0 Å². The molecule has 0 amide bonds. The number of halogens is 3. The van der Waals surface area contributed by atoms with Crippen LogP contribution in [-0.4, -0.2) is 19.2 Å². The number of benzene rings is 1. The maximum atomic E-state index is 13.7. The zero-order valence-corrected chi connectivity index (χ0v) is 11.6. The van der Waals surface area contributed by atoms with E-state index in [1.54, 1.807) is 0 Å². The maximum Gasteiger partial charge on any atom is 0.191 e. The minimum atomic E-state index is -0.739. The second-order valence-corrected chi connectivity index (χ2v) is 5.33. The quantitative estimate of drug-likeness (QED) is 0.891. The van der Waals surface area contributed by atoms with Crippen molar-refractivity contribution in [2.24, 2.45) is 5.92 Å². The van der Waals surface area contributed by atoms with E-state index in [0.717, 1.165) is 44.5 Å². The number of nitrogens with one attached hydrogen (secondary N) is 1. The minimum absolute atomic E-state index is 0.0388. The lowest BCUT2D eigenvalue weighted by atomic mass is 9.97. The van der Waals surface area contributed by atoms with Gasteiger partial charge in [-0.2, -0.15) is 0 Å². The summed E-state index contributed by atoms with van der Waals surface area (Å²) in [6.07, 6.45) is 2.51. The lowest BCUT2D eigenvalue weighted by Crippen LogP contribution is -2.29. The van der Waals surface area contributed by atoms with Gasteiger partial charge in [0.2, 0.25) is 0 Å². The van der Waals surface area contributed by atoms with E-state index in [1.807, 2.05) is 6.92 Å². The van der Waals surface area contributed by atoms with E-state index in [2.05, 4.69) is 5.32 Å². The Hall–Kier alpha value is -0.870. The monoisotopic (exact) mass is 289 g/mol. The first kappa shape index (κ1) is 14.5. The Balaban J connectivity index is 2.16. The molecule has 1 heterocycles. The number of hydrogen-bond acceptors (Lipinski definition) is 2. The highest BCUT2D eigenvalue weighted by Crippen LogP contribution is 2.30. The SMILES string of the molecule is CCC[C@H](Oc1c(F)cc(Cl)cc1F)[C@H]1CCNC1. The average molecular weight is 290 g/mol. The topological polar surface area (TPSA) is 21.3 Å². The van der Waals surface area contributed by atoms with Crippen molar-refractivity contribution in [3.63, 3.8) is 0 Å². The summed E-state index contributed by atoms with van der Waals surface area (Å²) < 4.78 is 33.1. The van der Waals surface area contributed by atoms with E-state index in [0.29, 0.717) is 5.92 Å². The lowest BCUT2D eigenvalue weighted by molar-refractivity contribution is 0.121. The van der Waals surface area contributed by atoms with Crippen LogP contribution in [0.25, 0.3) is 0 Å². The predicted molar refractivity (Wildman–Crippen MR) is 71.7 cm³/mol. The molecule has 1 fully saturated rings. The van der Waals surface area contributed by atoms with E-state index in [9.17, 15) is 8.78 Å². The largest absolute Gasteiger partial charge is 0.484 e. The summed E-state index contributed by atoms with van der Waals surface area (Å²) >= 11 is 5.60. The van der Waals surface area contributed by atoms with Crippen LogP contribution in [0, 0.1) is 17.6 Å². The van der Waals surface area contributed by atoms with Crippen molar-refractivity contribution >= 4 is 11.6 Å². The standard InChI is InChI=1S/C14H18ClF2NO/c1-2-3-13(9-4-5-18-8-9)19-14-11(16)6-10(15)7-12(14)17/h6-7,9,13,18H,2-5,8H2,1H3/t9-,13-/m0/s1. The molecule has 2 nitrogen and oxygen atoms in total. The van der Waals surface area contributed by atoms with E-state index in [4.69, 9.17) is 16.3 Å². The van der Waals surface area contributed by atoms with Crippen LogP contribution in [-0.2, 0) is 0 Å². The summed E-state index contributed by atoms with van der Waals surface area (Å²) in [5.41, 5.74) is 0. The Morgan fingerprint density at radius 3 is 2.63 bits per heavy atom. The molecular formula is C14H18ClF2NO. The molecule has 1 aromatic rings. The van der Waals surface area contributed by atoms with Crippen molar-refractivity contribution in [1.82, 2.24) is 5.32 Å². The van der Waals surface area contributed by atoms with Crippen LogP contribution >= 0.6 is 11.6 Å². The first-order valence-electron chi connectivity index (χ1n) is 6.63. The molecule has 0 spiro atoms. The third-order valence-corrected chi connectivity index (χ3v) is 3.65. The fraction of sp³-hybridized carbons (Fsp3) is 0.571. The van der Waals surface area contributed by atoms with Crippen LogP contribution in [0.3, 0.4) is 0 Å². The van der Waals surface area contributed by atoms with Crippen LogP contribution < -0.4 is 10.1 Å². The summed E-state index contributed by atoms with van der Waals surface area (Å²) in [6.45, 7) is 3.80. The second kappa shape index (κ2) is 6.53. The van der Waals surface area contributed by atoms with Crippen LogP contribution in [0.4, 0.5) is 8.78 Å². The van der Waals surface area contributed by atoms with E-state index >= 15 is 0 Å². The zero-order valence-electron chi connectivity index (χ0n) is 10.9. The van der Waals surface area contributed by atoms with E-state index in [1.165, 1.54) is 0 Å². The highest BCUT2D eigenvalue weighted by molar-refractivity contribution is 6.30. The third-order valence-electron chi connectivity index (χ3n) is 3.43. The normalized spacial score (nSPS) is 20.5. The Morgan fingerprint density at radius 1 is 1.42 bits per heavy atom. The van der Waals surface area contributed by atoms with Gasteiger partial charge < -0.3 is 10.1 Å². The van der Waals surface area contributed by atoms with Crippen molar-refractivity contribution in [1.29, 1.82) is 0 Å². The van der Waals surface area contributed by atoms with Crippen LogP contribution in [0.5, 0.6) is 5.75 Å². The molecule has 1 aliphatic rings. The van der Waals surface area contributed by atoms with Gasteiger partial charge >= 0.3 is 0 Å². The van der Waals surface area contributed by atoms with Gasteiger partial charge in [0.15, 0.2) is 17.4 Å². The van der Waals surface area contributed by atoms with Crippen molar-refractivity contribution in [3.05, 3.63) is 28.8 Å². The van der Waals surface area contributed by atoms with Crippen LogP contribution in [0.2, 0.25) is 5.02 Å². The molecule has 2 rings (SSSR count). The van der Waals surface area contributed by atoms with Gasteiger partial charge in [-0.3, -0.25) is 0 Å². The molecule has 1 N–H and O–H groups in total. The number of ether oxygens (including phenoxy) is 1. The average Bonchev–Trinajstić information content (AvgIpc) is 2.85. The van der Waals surface area contributed by atoms with Crippen LogP contribution in [0.15, 0.2) is 12.1 Å². The molecule has 2 atom stereocenters. The molecule has 19 heavy (non-hydrogen) atoms. The van der Waals surface area contributed by atoms with Gasteiger partial charge in [0.1, 0.15) is 6.10 Å². The van der Waals surface area contributed by atoms with Crippen molar-refractivity contribution in [2.45, 2.75) is 32.3 Å². The summed E-state index contributed by atoms with van der Waals surface area (Å²) in [6, 6.07) is 2.16. The molecular weight excluding hydrogens is 272 g/mol. The van der Waals surface area contributed by atoms with Gasteiger partial charge in [-0.25, -0.2) is 8.78 Å². The molecule has 0 aromatic heterocycles. The fourth-order valence-corrected chi connectivity index (χ4v) is 2.65. The van der Waals surface area contributed by atoms with Crippen LogP contribution in [0.1, 0.15) is 26.2 Å². The Kier molecular flexibility index (Phi) is 4.99. The van der Waals surface area contributed by atoms with Gasteiger partial charge in [-0.05, 0) is 31.5 Å². The molecule has 5 heteroatoms. The number of hydrogen-bond donors (Lipinski definition) is 1. The van der Waals surface area contributed by atoms with Crippen molar-refractivity contribution < 1.29 is 13.5 Å². The summed E-state index contributed by atoms with van der Waals surface area (Å²) in [4.78, 5) is 0. The molecule has 0 bridgehead atoms. The first-order chi connectivity index (χ1) is 9.11. The molecule has 0 aliphatic carbocycles. The Labute approximate surface area is 117 Å². The summed E-state index contributed by atoms with van der Waals surface area (Å²) in [5.74, 6) is -1.49. The van der Waals surface area contributed by atoms with Crippen molar-refractivity contribution in [2.75, 3.05) is 13.1 Å². The first-order valence-corrected chi connectivity index (χ1v) is 7.01. The van der Waals surface area contributed by atoms with Gasteiger partial charge in [0.05, 0.1) is 0 Å². The molecule has 0 unspecified atom stereocenters. The number of rotatable bonds is 5. The van der Waals surface area contributed by atoms with Gasteiger partial charge in [-0.1, -0.05) is 24.9 Å². The predicted octanol–water partition coefficient (Wildman–Crippen LogP) is 3.78. The molecule has 0 saturated carbocycles. The highest BCUT2D eigenvalue weighted by atomic mass is 35.5. The summed E-state index contributed by atoms with van der Waals surface area (Å²) in [5, 5.41) is 3.29. The molecule has 1 aliphatic heterocycles. The van der Waals surface area contributed by atoms with E-state index < -0.39 is 11.6 Å². The lowest BCUT2D eigenvalue weighted by Gasteiger charge is -2.24. The van der Waals surface area contributed by atoms with Gasteiger partial charge in [0, 0.05) is 17.5 Å². The maximum absolute atomic E-state index is 13.7. The Morgan fingerprint density at radius 2 is 2.11 bits per heavy atom. The zero-order chi connectivity index (χ0) is 13.8. The van der Waals surface area contributed by atoms with E-state index in [-0.39, 0.29) is 16.9 Å². The molecule has 1 aromatic carbocycles. The fourth-order valence-electron chi connectivity index (χ4n) is 2.46. The smallest absolute Gasteiger partial charge is 0.191 e. The highest BCUT2D eigenvalue weighted by Gasteiger charge is 2.27. The summed E-state index contributed by atoms with van der Waals surface area (Å²) in [7, 11) is 0. The Bertz CT molecular complexity index is 412. The van der Waals surface area contributed by atoms with Crippen molar-refractivity contribution in [3.8, 4) is 5.75 Å².